The van der Waals surface area contributed by atoms with Crippen LogP contribution in [0.25, 0.3) is 0 Å². The number of halogens is 1. The van der Waals surface area contributed by atoms with Gasteiger partial charge in [-0.1, -0.05) is 15.9 Å². The summed E-state index contributed by atoms with van der Waals surface area (Å²) >= 11 is 3.38. The molecule has 0 aliphatic carbocycles. The number of amides is 1. The van der Waals surface area contributed by atoms with E-state index in [0.717, 1.165) is 15.7 Å². The molecule has 1 amide bonds. The SMILES string of the molecule is Cc1cc(Br)cc(NC(=O)c2ccc(O)cc2)c1. The molecule has 2 aromatic carbocycles. The molecule has 0 bridgehead atoms. The van der Waals surface area contributed by atoms with Gasteiger partial charge in [-0.2, -0.15) is 0 Å². The van der Waals surface area contributed by atoms with Gasteiger partial charge in [0, 0.05) is 15.7 Å². The van der Waals surface area contributed by atoms with Crippen LogP contribution in [0.4, 0.5) is 5.69 Å². The Kier molecular flexibility index (Phi) is 3.67. The number of aromatic hydroxyl groups is 1. The van der Waals surface area contributed by atoms with Gasteiger partial charge in [-0.3, -0.25) is 4.79 Å². The average molecular weight is 306 g/mol. The summed E-state index contributed by atoms with van der Waals surface area (Å²) in [5, 5.41) is 12.0. The van der Waals surface area contributed by atoms with Gasteiger partial charge >= 0.3 is 0 Å². The van der Waals surface area contributed by atoms with Crippen molar-refractivity contribution in [2.24, 2.45) is 0 Å². The van der Waals surface area contributed by atoms with Crippen LogP contribution in [0.5, 0.6) is 5.75 Å². The van der Waals surface area contributed by atoms with Gasteiger partial charge < -0.3 is 10.4 Å². The maximum absolute atomic E-state index is 11.9. The van der Waals surface area contributed by atoms with Crippen LogP contribution < -0.4 is 5.32 Å². The van der Waals surface area contributed by atoms with Crippen LogP contribution in [-0.4, -0.2) is 11.0 Å². The Labute approximate surface area is 114 Å². The highest BCUT2D eigenvalue weighted by atomic mass is 79.9. The van der Waals surface area contributed by atoms with Crippen LogP contribution in [0.15, 0.2) is 46.9 Å². The summed E-state index contributed by atoms with van der Waals surface area (Å²) < 4.78 is 0.920. The van der Waals surface area contributed by atoms with Gasteiger partial charge in [0.25, 0.3) is 5.91 Å². The van der Waals surface area contributed by atoms with Gasteiger partial charge in [-0.05, 0) is 55.0 Å². The summed E-state index contributed by atoms with van der Waals surface area (Å²) in [5.74, 6) is -0.0580. The Morgan fingerprint density at radius 3 is 2.44 bits per heavy atom. The van der Waals surface area contributed by atoms with Crippen LogP contribution >= 0.6 is 15.9 Å². The third-order valence-corrected chi connectivity index (χ3v) is 2.89. The van der Waals surface area contributed by atoms with Gasteiger partial charge in [0.1, 0.15) is 5.75 Å². The summed E-state index contributed by atoms with van der Waals surface area (Å²) in [6.45, 7) is 1.96. The molecule has 0 saturated carbocycles. The second kappa shape index (κ2) is 5.23. The Balaban J connectivity index is 2.18. The molecule has 2 rings (SSSR count). The zero-order valence-electron chi connectivity index (χ0n) is 9.77. The minimum atomic E-state index is -0.201. The summed E-state index contributed by atoms with van der Waals surface area (Å²) in [7, 11) is 0. The van der Waals surface area contributed by atoms with E-state index in [2.05, 4.69) is 21.2 Å². The topological polar surface area (TPSA) is 49.3 Å². The van der Waals surface area contributed by atoms with E-state index < -0.39 is 0 Å². The van der Waals surface area contributed by atoms with Gasteiger partial charge in [0.15, 0.2) is 0 Å². The molecule has 0 fully saturated rings. The molecule has 0 aromatic heterocycles. The van der Waals surface area contributed by atoms with E-state index >= 15 is 0 Å². The number of benzene rings is 2. The number of anilines is 1. The smallest absolute Gasteiger partial charge is 0.255 e. The first-order valence-electron chi connectivity index (χ1n) is 5.42. The van der Waals surface area contributed by atoms with E-state index in [0.29, 0.717) is 5.56 Å². The highest BCUT2D eigenvalue weighted by molar-refractivity contribution is 9.10. The third kappa shape index (κ3) is 3.11. The number of aryl methyl sites for hydroxylation is 1. The number of hydrogen-bond acceptors (Lipinski definition) is 2. The molecule has 0 saturated heterocycles. The fourth-order valence-corrected chi connectivity index (χ4v) is 2.23. The largest absolute Gasteiger partial charge is 0.508 e. The lowest BCUT2D eigenvalue weighted by molar-refractivity contribution is 0.102. The molecule has 4 heteroatoms. The molecule has 0 aliphatic rings. The van der Waals surface area contributed by atoms with Crippen molar-refractivity contribution in [2.75, 3.05) is 5.32 Å². The van der Waals surface area contributed by atoms with Crippen molar-refractivity contribution in [2.45, 2.75) is 6.92 Å². The molecular formula is C14H12BrNO2. The highest BCUT2D eigenvalue weighted by Crippen LogP contribution is 2.20. The normalized spacial score (nSPS) is 10.1. The molecule has 3 nitrogen and oxygen atoms in total. The fourth-order valence-electron chi connectivity index (χ4n) is 1.62. The number of rotatable bonds is 2. The molecule has 0 spiro atoms. The van der Waals surface area contributed by atoms with Crippen LogP contribution in [0.3, 0.4) is 0 Å². The standard InChI is InChI=1S/C14H12BrNO2/c1-9-6-11(15)8-12(7-9)16-14(18)10-2-4-13(17)5-3-10/h2-8,17H,1H3,(H,16,18). The quantitative estimate of drug-likeness (QED) is 0.888. The molecule has 0 atom stereocenters. The van der Waals surface area contributed by atoms with Crippen molar-refractivity contribution in [3.05, 3.63) is 58.1 Å². The summed E-state index contributed by atoms with van der Waals surface area (Å²) in [4.78, 5) is 11.9. The Hall–Kier alpha value is -1.81. The number of carbonyl (C=O) groups excluding carboxylic acids is 1. The monoisotopic (exact) mass is 305 g/mol. The molecule has 0 radical (unpaired) electrons. The van der Waals surface area contributed by atoms with Crippen molar-refractivity contribution < 1.29 is 9.90 Å². The van der Waals surface area contributed by atoms with Crippen LogP contribution in [0.2, 0.25) is 0 Å². The number of carbonyl (C=O) groups is 1. The molecule has 0 unspecified atom stereocenters. The van der Waals surface area contributed by atoms with E-state index in [-0.39, 0.29) is 11.7 Å². The van der Waals surface area contributed by atoms with E-state index in [1.807, 2.05) is 25.1 Å². The van der Waals surface area contributed by atoms with Crippen LogP contribution in [-0.2, 0) is 0 Å². The van der Waals surface area contributed by atoms with Gasteiger partial charge in [0.2, 0.25) is 0 Å². The predicted molar refractivity (Wildman–Crippen MR) is 74.9 cm³/mol. The average Bonchev–Trinajstić information content (AvgIpc) is 2.28. The minimum absolute atomic E-state index is 0.143. The van der Waals surface area contributed by atoms with Gasteiger partial charge in [-0.15, -0.1) is 0 Å². The Bertz CT molecular complexity index is 559. The molecule has 0 heterocycles. The number of phenolic OH excluding ortho intramolecular Hbond substituents is 1. The van der Waals surface area contributed by atoms with Crippen molar-refractivity contribution >= 4 is 27.5 Å². The second-order valence-corrected chi connectivity index (χ2v) is 4.93. The third-order valence-electron chi connectivity index (χ3n) is 2.43. The Morgan fingerprint density at radius 1 is 1.17 bits per heavy atom. The number of phenols is 1. The summed E-state index contributed by atoms with van der Waals surface area (Å²) in [6, 6.07) is 11.8. The van der Waals surface area contributed by atoms with E-state index in [1.165, 1.54) is 12.1 Å². The number of hydrogen-bond donors (Lipinski definition) is 2. The van der Waals surface area contributed by atoms with Crippen molar-refractivity contribution in [3.63, 3.8) is 0 Å². The highest BCUT2D eigenvalue weighted by Gasteiger charge is 2.06. The predicted octanol–water partition coefficient (Wildman–Crippen LogP) is 3.72. The zero-order chi connectivity index (χ0) is 13.1. The zero-order valence-corrected chi connectivity index (χ0v) is 11.4. The summed E-state index contributed by atoms with van der Waals surface area (Å²) in [5.41, 5.74) is 2.30. The van der Waals surface area contributed by atoms with Gasteiger partial charge in [0.05, 0.1) is 0 Å². The van der Waals surface area contributed by atoms with E-state index in [4.69, 9.17) is 5.11 Å². The molecule has 0 aliphatic heterocycles. The lowest BCUT2D eigenvalue weighted by atomic mass is 10.2. The van der Waals surface area contributed by atoms with Crippen LogP contribution in [0.1, 0.15) is 15.9 Å². The first kappa shape index (κ1) is 12.6. The number of nitrogens with one attached hydrogen (secondary N) is 1. The molecule has 2 N–H and O–H groups in total. The first-order chi connectivity index (χ1) is 8.54. The molecule has 18 heavy (non-hydrogen) atoms. The maximum atomic E-state index is 11.9. The lowest BCUT2D eigenvalue weighted by Gasteiger charge is -2.07. The van der Waals surface area contributed by atoms with Gasteiger partial charge in [-0.25, -0.2) is 0 Å². The summed E-state index contributed by atoms with van der Waals surface area (Å²) in [6.07, 6.45) is 0. The minimum Gasteiger partial charge on any atom is -0.508 e. The second-order valence-electron chi connectivity index (χ2n) is 4.02. The first-order valence-corrected chi connectivity index (χ1v) is 6.21. The van der Waals surface area contributed by atoms with Crippen molar-refractivity contribution in [1.29, 1.82) is 0 Å². The molecular weight excluding hydrogens is 294 g/mol. The van der Waals surface area contributed by atoms with E-state index in [9.17, 15) is 4.79 Å². The van der Waals surface area contributed by atoms with Crippen molar-refractivity contribution in [1.82, 2.24) is 0 Å². The molecule has 2 aromatic rings. The lowest BCUT2D eigenvalue weighted by Crippen LogP contribution is -2.11. The van der Waals surface area contributed by atoms with Crippen molar-refractivity contribution in [3.8, 4) is 5.75 Å². The molecule has 92 valence electrons. The Morgan fingerprint density at radius 2 is 1.83 bits per heavy atom. The van der Waals surface area contributed by atoms with Crippen LogP contribution in [0, 0.1) is 6.92 Å². The fraction of sp³-hybridized carbons (Fsp3) is 0.0714. The van der Waals surface area contributed by atoms with E-state index in [1.54, 1.807) is 12.1 Å². The maximum Gasteiger partial charge on any atom is 0.255 e.